The average molecular weight is 691 g/mol. The van der Waals surface area contributed by atoms with E-state index in [1.54, 1.807) is 6.07 Å². The van der Waals surface area contributed by atoms with Crippen LogP contribution in [0, 0.1) is 5.92 Å². The molecule has 0 aromatic heterocycles. The Kier molecular flexibility index (Phi) is 9.84. The highest BCUT2D eigenvalue weighted by Gasteiger charge is 2.61. The summed E-state index contributed by atoms with van der Waals surface area (Å²) in [4.78, 5) is 57.3. The van der Waals surface area contributed by atoms with Crippen LogP contribution in [0.4, 0.5) is 4.79 Å². The van der Waals surface area contributed by atoms with Crippen molar-refractivity contribution >= 4 is 45.6 Å². The minimum Gasteiger partial charge on any atom is -0.444 e. The third-order valence-electron chi connectivity index (χ3n) is 10.0. The molecule has 3 fully saturated rings. The maximum absolute atomic E-state index is 14.0. The summed E-state index contributed by atoms with van der Waals surface area (Å²) in [7, 11) is -4.17. The smallest absolute Gasteiger partial charge is 0.410 e. The molecule has 47 heavy (non-hydrogen) atoms. The van der Waals surface area contributed by atoms with Gasteiger partial charge in [0.05, 0.1) is 19.1 Å². The van der Waals surface area contributed by atoms with Crippen molar-refractivity contribution in [1.82, 2.24) is 24.6 Å². The summed E-state index contributed by atoms with van der Waals surface area (Å²) in [5.41, 5.74) is 6.58. The Morgan fingerprint density at radius 1 is 1.06 bits per heavy atom. The van der Waals surface area contributed by atoms with Gasteiger partial charge >= 0.3 is 16.3 Å². The second-order valence-electron chi connectivity index (χ2n) is 13.5. The molecule has 15 heteroatoms. The van der Waals surface area contributed by atoms with Crippen LogP contribution >= 0.6 is 11.6 Å². The van der Waals surface area contributed by atoms with Gasteiger partial charge in [0.25, 0.3) is 5.91 Å². The average Bonchev–Trinajstić information content (AvgIpc) is 3.45. The number of ether oxygens (including phenoxy) is 1. The van der Waals surface area contributed by atoms with Gasteiger partial charge in [0.2, 0.25) is 11.8 Å². The summed E-state index contributed by atoms with van der Waals surface area (Å²) >= 11 is 6.32. The topological polar surface area (TPSA) is 180 Å². The maximum Gasteiger partial charge on any atom is 0.410 e. The molecule has 256 valence electrons. The van der Waals surface area contributed by atoms with E-state index in [9.17, 15) is 27.6 Å². The molecular formula is C32H43ClN6O7S. The van der Waals surface area contributed by atoms with Crippen molar-refractivity contribution in [3.05, 3.63) is 46.5 Å². The van der Waals surface area contributed by atoms with Crippen molar-refractivity contribution < 1.29 is 32.3 Å². The Bertz CT molecular complexity index is 1550. The molecule has 5 atom stereocenters. The molecule has 0 radical (unpaired) electrons. The van der Waals surface area contributed by atoms with Crippen molar-refractivity contribution in [2.75, 3.05) is 6.54 Å². The lowest BCUT2D eigenvalue weighted by Crippen LogP contribution is -2.58. The van der Waals surface area contributed by atoms with Crippen molar-refractivity contribution in [1.29, 1.82) is 0 Å². The van der Waals surface area contributed by atoms with Crippen LogP contribution in [0.5, 0.6) is 0 Å². The van der Waals surface area contributed by atoms with Gasteiger partial charge in [-0.3, -0.25) is 19.3 Å². The molecule has 1 aromatic rings. The Morgan fingerprint density at radius 2 is 1.83 bits per heavy atom. The zero-order valence-electron chi connectivity index (χ0n) is 26.3. The molecule has 3 heterocycles. The number of rotatable bonds is 5. The van der Waals surface area contributed by atoms with Gasteiger partial charge in [0.1, 0.15) is 17.7 Å². The second kappa shape index (κ2) is 13.7. The summed E-state index contributed by atoms with van der Waals surface area (Å²) in [6.45, 7) is 0.563. The van der Waals surface area contributed by atoms with Crippen molar-refractivity contribution in [2.24, 2.45) is 11.7 Å². The second-order valence-corrected chi connectivity index (χ2v) is 15.3. The number of halogens is 1. The van der Waals surface area contributed by atoms with Crippen LogP contribution in [0.3, 0.4) is 0 Å². The third-order valence-corrected chi connectivity index (χ3v) is 11.5. The van der Waals surface area contributed by atoms with Crippen molar-refractivity contribution in [3.63, 3.8) is 0 Å². The first-order valence-electron chi connectivity index (χ1n) is 16.6. The largest absolute Gasteiger partial charge is 0.444 e. The van der Waals surface area contributed by atoms with Crippen LogP contribution in [0.1, 0.15) is 81.8 Å². The van der Waals surface area contributed by atoms with E-state index < -0.39 is 63.7 Å². The lowest BCUT2D eigenvalue weighted by Gasteiger charge is -2.28. The van der Waals surface area contributed by atoms with E-state index in [0.717, 1.165) is 49.7 Å². The van der Waals surface area contributed by atoms with Gasteiger partial charge in [0, 0.05) is 29.9 Å². The minimum absolute atomic E-state index is 0.00266. The lowest BCUT2D eigenvalue weighted by atomic mass is 10.1. The zero-order chi connectivity index (χ0) is 33.3. The van der Waals surface area contributed by atoms with E-state index in [0.29, 0.717) is 30.8 Å². The van der Waals surface area contributed by atoms with Gasteiger partial charge < -0.3 is 20.7 Å². The number of carbonyl (C=O) groups is 4. The highest BCUT2D eigenvalue weighted by atomic mass is 35.5. The minimum atomic E-state index is -4.17. The van der Waals surface area contributed by atoms with E-state index in [2.05, 4.69) is 14.8 Å². The van der Waals surface area contributed by atoms with Gasteiger partial charge in [-0.15, -0.1) is 0 Å². The number of nitrogens with two attached hydrogens (primary N) is 1. The molecule has 0 spiro atoms. The van der Waals surface area contributed by atoms with Crippen LogP contribution < -0.4 is 20.5 Å². The number of nitrogens with one attached hydrogen (secondary N) is 3. The first-order chi connectivity index (χ1) is 22.5. The summed E-state index contributed by atoms with van der Waals surface area (Å²) in [5, 5.41) is 3.38. The molecule has 6 rings (SSSR count). The van der Waals surface area contributed by atoms with Crippen molar-refractivity contribution in [3.8, 4) is 0 Å². The number of carbonyl (C=O) groups excluding carboxylic acids is 4. The Hall–Kier alpha value is -3.20. The molecule has 2 aliphatic carbocycles. The van der Waals surface area contributed by atoms with Gasteiger partial charge in [-0.2, -0.15) is 13.1 Å². The number of benzene rings is 1. The summed E-state index contributed by atoms with van der Waals surface area (Å²) in [6.07, 6.45) is 9.41. The van der Waals surface area contributed by atoms with Gasteiger partial charge in [-0.1, -0.05) is 61.6 Å². The quantitative estimate of drug-likeness (QED) is 0.340. The number of amides is 4. The standard InChI is InChI=1S/C32H43ClN6O7S/c33-25-13-8-9-20-17-38(19-24(20)25)31(43)46-23-15-27-28(40)35-32(30(42)37-47(44,45)36-22-11-6-7-12-22)16-21(32)10-4-2-1-3-5-14-26(34)29(41)39(27)18-23/h4,8-10,13,21-23,26-27,36H,1-3,5-7,11-12,14-19,34H2,(H,35,40)(H,37,42)/b10-4-/t21-,23-,26+,27+,32-/m1/s1. The fraction of sp³-hybridized carbons (Fsp3) is 0.625. The van der Waals surface area contributed by atoms with Crippen LogP contribution in [-0.2, 0) is 42.4 Å². The highest BCUT2D eigenvalue weighted by Crippen LogP contribution is 2.45. The fourth-order valence-corrected chi connectivity index (χ4v) is 8.71. The number of hydrogen-bond acceptors (Lipinski definition) is 8. The fourth-order valence-electron chi connectivity index (χ4n) is 7.29. The molecule has 5 N–H and O–H groups in total. The first-order valence-corrected chi connectivity index (χ1v) is 18.4. The maximum atomic E-state index is 14.0. The van der Waals surface area contributed by atoms with E-state index in [4.69, 9.17) is 22.1 Å². The van der Waals surface area contributed by atoms with Crippen molar-refractivity contribution in [2.45, 2.75) is 113 Å². The predicted molar refractivity (Wildman–Crippen MR) is 173 cm³/mol. The summed E-state index contributed by atoms with van der Waals surface area (Å²) < 4.78 is 36.3. The van der Waals surface area contributed by atoms with Crippen LogP contribution in [0.15, 0.2) is 30.4 Å². The lowest BCUT2D eigenvalue weighted by molar-refractivity contribution is -0.140. The number of fused-ring (bicyclic) bond motifs is 3. The molecule has 1 aromatic carbocycles. The van der Waals surface area contributed by atoms with Gasteiger partial charge in [0.15, 0.2) is 0 Å². The number of allylic oxidation sites excluding steroid dienone is 1. The first kappa shape index (κ1) is 33.7. The molecule has 2 saturated carbocycles. The Morgan fingerprint density at radius 3 is 2.60 bits per heavy atom. The molecule has 4 amide bonds. The van der Waals surface area contributed by atoms with Crippen LogP contribution in [0.25, 0.3) is 0 Å². The summed E-state index contributed by atoms with van der Waals surface area (Å²) in [5.74, 6) is -2.33. The molecule has 1 saturated heterocycles. The Labute approximate surface area is 280 Å². The predicted octanol–water partition coefficient (Wildman–Crippen LogP) is 2.38. The monoisotopic (exact) mass is 690 g/mol. The SMILES string of the molecule is N[C@H]1CCCCC/C=C\[C@@H]2C[C@@]2(C(=O)NS(=O)(=O)NC2CCCC2)NC(=O)[C@@H]2C[C@@H](OC(=O)N3Cc4cccc(Cl)c4C3)CN2C1=O. The van der Waals surface area contributed by atoms with E-state index in [1.807, 2.05) is 24.3 Å². The summed E-state index contributed by atoms with van der Waals surface area (Å²) in [6, 6.07) is 3.30. The molecule has 3 aliphatic heterocycles. The zero-order valence-corrected chi connectivity index (χ0v) is 27.9. The molecule has 13 nitrogen and oxygen atoms in total. The number of hydrogen-bond donors (Lipinski definition) is 4. The molecule has 0 bridgehead atoms. The van der Waals surface area contributed by atoms with Gasteiger partial charge in [-0.25, -0.2) is 9.52 Å². The number of nitrogens with zero attached hydrogens (tertiary/aromatic N) is 2. The van der Waals surface area contributed by atoms with E-state index in [-0.39, 0.29) is 32.0 Å². The highest BCUT2D eigenvalue weighted by molar-refractivity contribution is 7.88. The van der Waals surface area contributed by atoms with E-state index >= 15 is 0 Å². The third kappa shape index (κ3) is 7.45. The molecule has 0 unspecified atom stereocenters. The normalized spacial score (nSPS) is 30.8. The van der Waals surface area contributed by atoms with Gasteiger partial charge in [-0.05, 0) is 55.7 Å². The van der Waals surface area contributed by atoms with Crippen LogP contribution in [0.2, 0.25) is 5.02 Å². The van der Waals surface area contributed by atoms with E-state index in [1.165, 1.54) is 9.80 Å². The Balaban J connectivity index is 1.19. The molecular weight excluding hydrogens is 648 g/mol. The molecule has 5 aliphatic rings. The van der Waals surface area contributed by atoms with Crippen LogP contribution in [-0.4, -0.2) is 78.3 Å².